The summed E-state index contributed by atoms with van der Waals surface area (Å²) < 4.78 is 0. The largest absolute Gasteiger partial charge is 0.412 e. The van der Waals surface area contributed by atoms with Crippen molar-refractivity contribution in [2.24, 2.45) is 11.5 Å². The molecule has 0 spiro atoms. The summed E-state index contributed by atoms with van der Waals surface area (Å²) in [6.45, 7) is 17.0. The molecule has 0 saturated heterocycles. The number of hydrogen-bond donors (Lipinski definition) is 5. The highest BCUT2D eigenvalue weighted by molar-refractivity contribution is 5.89. The van der Waals surface area contributed by atoms with Crippen molar-refractivity contribution < 1.29 is 15.4 Å². The number of aryl methyl sites for hydroxylation is 4. The number of benzene rings is 2. The molecule has 0 aromatic heterocycles. The minimum Gasteiger partial charge on any atom is -0.412 e. The molecule has 1 saturated carbocycles. The third kappa shape index (κ3) is 20.2. The van der Waals surface area contributed by atoms with E-state index in [-0.39, 0.29) is 17.7 Å². The number of ketones is 1. The molecule has 238 valence electrons. The number of rotatable bonds is 6. The molecule has 0 atom stereocenters. The van der Waals surface area contributed by atoms with Crippen molar-refractivity contribution in [3.63, 3.8) is 0 Å². The molecule has 0 unspecified atom stereocenters. The van der Waals surface area contributed by atoms with E-state index in [9.17, 15) is 4.79 Å². The Morgan fingerprint density at radius 2 is 1.23 bits per heavy atom. The molecule has 1 fully saturated rings. The molecule has 3 aromatic carbocycles. The SMILES string of the molecule is CCN.CCNC1(NCC)CCCC1=O.CN.Cc1cc(C)c(CCO)c(C)c1.Cc1ccccc1.O.c1c#cc#cc#1. The van der Waals surface area contributed by atoms with Crippen molar-refractivity contribution >= 4 is 5.78 Å². The Kier molecular flexibility index (Phi) is 29.3. The third-order valence-electron chi connectivity index (χ3n) is 5.91. The zero-order valence-corrected chi connectivity index (χ0v) is 27.7. The van der Waals surface area contributed by atoms with Crippen LogP contribution in [0.4, 0.5) is 0 Å². The van der Waals surface area contributed by atoms with Crippen LogP contribution in [-0.4, -0.2) is 55.3 Å². The van der Waals surface area contributed by atoms with Crippen LogP contribution in [0.3, 0.4) is 0 Å². The first-order valence-electron chi connectivity index (χ1n) is 14.7. The van der Waals surface area contributed by atoms with Crippen LogP contribution in [0.15, 0.2) is 42.5 Å². The number of likely N-dealkylation sites (N-methyl/N-ethyl adjacent to an activating group) is 2. The van der Waals surface area contributed by atoms with E-state index in [1.165, 1.54) is 34.9 Å². The summed E-state index contributed by atoms with van der Waals surface area (Å²) in [6, 6.07) is 29.6. The van der Waals surface area contributed by atoms with Crippen LogP contribution in [0, 0.1) is 64.1 Å². The molecule has 0 heterocycles. The Hall–Kier alpha value is -3.45. The lowest BCUT2D eigenvalue weighted by Crippen LogP contribution is -2.59. The first-order valence-corrected chi connectivity index (χ1v) is 14.7. The summed E-state index contributed by atoms with van der Waals surface area (Å²) in [5.74, 6) is 0.325. The Balaban J connectivity index is -0.000000482. The predicted molar refractivity (Wildman–Crippen MR) is 179 cm³/mol. The van der Waals surface area contributed by atoms with E-state index >= 15 is 0 Å². The minimum absolute atomic E-state index is 0. The van der Waals surface area contributed by atoms with Gasteiger partial charge in [0.2, 0.25) is 0 Å². The van der Waals surface area contributed by atoms with Crippen molar-refractivity contribution in [2.45, 2.75) is 79.8 Å². The highest BCUT2D eigenvalue weighted by atomic mass is 16.3. The van der Waals surface area contributed by atoms with Crippen LogP contribution >= 0.6 is 0 Å². The van der Waals surface area contributed by atoms with Gasteiger partial charge >= 0.3 is 0 Å². The molecule has 0 aliphatic heterocycles. The fraction of sp³-hybridized carbons (Fsp3) is 0.472. The van der Waals surface area contributed by atoms with E-state index in [2.05, 4.69) is 105 Å². The van der Waals surface area contributed by atoms with Gasteiger partial charge in [0, 0.05) is 49.4 Å². The van der Waals surface area contributed by atoms with E-state index in [4.69, 9.17) is 10.8 Å². The molecule has 1 aliphatic carbocycles. The van der Waals surface area contributed by atoms with Crippen molar-refractivity contribution in [2.75, 3.05) is 33.3 Å². The van der Waals surface area contributed by atoms with Gasteiger partial charge in [-0.05, 0) is 90.3 Å². The van der Waals surface area contributed by atoms with Crippen LogP contribution in [0.2, 0.25) is 0 Å². The molecule has 4 rings (SSSR count). The highest BCUT2D eigenvalue weighted by Gasteiger charge is 2.40. The highest BCUT2D eigenvalue weighted by Crippen LogP contribution is 2.23. The number of carbonyl (C=O) groups is 1. The summed E-state index contributed by atoms with van der Waals surface area (Å²) in [4.78, 5) is 11.6. The molecule has 0 radical (unpaired) electrons. The van der Waals surface area contributed by atoms with Crippen molar-refractivity contribution in [1.82, 2.24) is 10.6 Å². The topological polar surface area (TPSA) is 145 Å². The molecule has 1 aliphatic rings. The quantitative estimate of drug-likeness (QED) is 0.274. The molecule has 0 bridgehead atoms. The van der Waals surface area contributed by atoms with Gasteiger partial charge < -0.3 is 22.1 Å². The third-order valence-corrected chi connectivity index (χ3v) is 5.91. The van der Waals surface area contributed by atoms with Crippen LogP contribution in [0.5, 0.6) is 0 Å². The molecule has 3 aromatic rings. The number of nitrogens with two attached hydrogens (primary N) is 2. The minimum atomic E-state index is -0.385. The second kappa shape index (κ2) is 28.7. The van der Waals surface area contributed by atoms with Crippen molar-refractivity contribution in [3.8, 4) is 0 Å². The number of Topliss-reactive ketones (excluding diaryl/α,β-unsaturated/α-hetero) is 1. The molecule has 43 heavy (non-hydrogen) atoms. The van der Waals surface area contributed by atoms with Crippen LogP contribution in [0.25, 0.3) is 0 Å². The number of nitrogens with one attached hydrogen (secondary N) is 2. The number of aliphatic hydroxyl groups excluding tert-OH is 1. The van der Waals surface area contributed by atoms with Gasteiger partial charge in [-0.1, -0.05) is 74.4 Å². The molecular formula is C36H56N4O3. The summed E-state index contributed by atoms with van der Waals surface area (Å²) in [7, 11) is 1.50. The maximum absolute atomic E-state index is 11.6. The Bertz CT molecular complexity index is 975. The van der Waals surface area contributed by atoms with Gasteiger partial charge in [0.1, 0.15) is 5.66 Å². The first kappa shape index (κ1) is 44.0. The van der Waals surface area contributed by atoms with Gasteiger partial charge in [0.15, 0.2) is 5.78 Å². The van der Waals surface area contributed by atoms with Crippen molar-refractivity contribution in [3.05, 3.63) is 107 Å². The van der Waals surface area contributed by atoms with Crippen LogP contribution in [-0.2, 0) is 11.2 Å². The standard InChI is InChI=1S/C11H16O.C9H18N2O.C7H8.C6.C2H7N.CH5N.H2O/c1-8-6-9(2)11(4-5-12)10(3)7-8;1-3-10-9(11-4-2)7-5-6-8(9)12;1-7-5-3-2-4-6-7;1-2-4-6-5-3-1;1-2-3;1-2;/h6-7,12H,4-5H2,1-3H3;10-11H,3-7H2,1-2H3;2-6H,1H3;;2-3H2,1H3;2H2,1H3;1H2. The van der Waals surface area contributed by atoms with E-state index in [0.29, 0.717) is 5.78 Å². The molecular weight excluding hydrogens is 536 g/mol. The maximum atomic E-state index is 11.6. The maximum Gasteiger partial charge on any atom is 0.167 e. The van der Waals surface area contributed by atoms with Crippen LogP contribution < -0.4 is 22.1 Å². The zero-order valence-electron chi connectivity index (χ0n) is 27.7. The number of hydrogen-bond acceptors (Lipinski definition) is 6. The second-order valence-corrected chi connectivity index (χ2v) is 9.41. The smallest absolute Gasteiger partial charge is 0.167 e. The molecule has 0 amide bonds. The summed E-state index contributed by atoms with van der Waals surface area (Å²) in [5, 5.41) is 15.3. The summed E-state index contributed by atoms with van der Waals surface area (Å²) in [6.07, 6.45) is 3.45. The predicted octanol–water partition coefficient (Wildman–Crippen LogP) is 4.00. The Labute approximate surface area is 262 Å². The average Bonchev–Trinajstić information content (AvgIpc) is 3.34. The lowest BCUT2D eigenvalue weighted by atomic mass is 9.98. The van der Waals surface area contributed by atoms with E-state index in [1.54, 1.807) is 0 Å². The van der Waals surface area contributed by atoms with Gasteiger partial charge in [-0.3, -0.25) is 15.4 Å². The van der Waals surface area contributed by atoms with Gasteiger partial charge in [0.25, 0.3) is 0 Å². The van der Waals surface area contributed by atoms with Crippen LogP contribution in [0.1, 0.15) is 67.9 Å². The van der Waals surface area contributed by atoms with Gasteiger partial charge in [-0.15, -0.1) is 0 Å². The lowest BCUT2D eigenvalue weighted by Gasteiger charge is -2.29. The molecule has 7 nitrogen and oxygen atoms in total. The number of aliphatic hydroxyl groups is 1. The average molecular weight is 593 g/mol. The van der Waals surface area contributed by atoms with E-state index < -0.39 is 0 Å². The fourth-order valence-electron chi connectivity index (χ4n) is 4.34. The zero-order chi connectivity index (χ0) is 32.2. The van der Waals surface area contributed by atoms with Gasteiger partial charge in [0.05, 0.1) is 0 Å². The summed E-state index contributed by atoms with van der Waals surface area (Å²) in [5.41, 5.74) is 15.5. The molecule has 9 N–H and O–H groups in total. The van der Waals surface area contributed by atoms with Crippen molar-refractivity contribution in [1.29, 1.82) is 0 Å². The van der Waals surface area contributed by atoms with E-state index in [1.807, 2.05) is 39.0 Å². The van der Waals surface area contributed by atoms with Gasteiger partial charge in [-0.2, -0.15) is 0 Å². The Morgan fingerprint density at radius 3 is 1.51 bits per heavy atom. The lowest BCUT2D eigenvalue weighted by molar-refractivity contribution is -0.124. The fourth-order valence-corrected chi connectivity index (χ4v) is 4.34. The molecule has 7 heteroatoms. The monoisotopic (exact) mass is 592 g/mol. The summed E-state index contributed by atoms with van der Waals surface area (Å²) >= 11 is 0. The second-order valence-electron chi connectivity index (χ2n) is 9.41. The Morgan fingerprint density at radius 1 is 0.814 bits per heavy atom. The van der Waals surface area contributed by atoms with E-state index in [0.717, 1.165) is 45.3 Å². The first-order chi connectivity index (χ1) is 20.2. The normalized spacial score (nSPS) is 11.5. The number of carbonyl (C=O) groups excluding carboxylic acids is 1. The van der Waals surface area contributed by atoms with Gasteiger partial charge in [-0.25, -0.2) is 0 Å².